The van der Waals surface area contributed by atoms with Gasteiger partial charge in [0.2, 0.25) is 0 Å². The maximum absolute atomic E-state index is 6.12. The topological polar surface area (TPSA) is 48.1 Å². The lowest BCUT2D eigenvalue weighted by Gasteiger charge is -2.11. The minimum absolute atomic E-state index is 0.468. The quantitative estimate of drug-likeness (QED) is 0.907. The molecule has 0 fully saturated rings. The SMILES string of the molecule is NCCc1c(Cl)cccc1OCc1nccs1. The number of nitrogens with two attached hydrogens (primary N) is 1. The third-order valence-corrected chi connectivity index (χ3v) is 3.41. The minimum atomic E-state index is 0.468. The molecule has 0 radical (unpaired) electrons. The van der Waals surface area contributed by atoms with Crippen molar-refractivity contribution in [1.29, 1.82) is 0 Å². The molecule has 0 saturated heterocycles. The average molecular weight is 269 g/mol. The Morgan fingerprint density at radius 2 is 2.29 bits per heavy atom. The molecule has 0 atom stereocenters. The summed E-state index contributed by atoms with van der Waals surface area (Å²) in [6.07, 6.45) is 2.48. The van der Waals surface area contributed by atoms with Gasteiger partial charge in [-0.25, -0.2) is 4.98 Å². The van der Waals surface area contributed by atoms with E-state index >= 15 is 0 Å². The number of ether oxygens (including phenoxy) is 1. The number of benzene rings is 1. The molecule has 0 unspecified atom stereocenters. The number of rotatable bonds is 5. The molecule has 2 N–H and O–H groups in total. The molecule has 0 aliphatic rings. The molecular formula is C12H13ClN2OS. The van der Waals surface area contributed by atoms with Gasteiger partial charge in [0.15, 0.2) is 0 Å². The van der Waals surface area contributed by atoms with Crippen molar-refractivity contribution in [3.63, 3.8) is 0 Å². The van der Waals surface area contributed by atoms with E-state index in [0.717, 1.165) is 16.3 Å². The highest BCUT2D eigenvalue weighted by Gasteiger charge is 2.08. The molecule has 2 aromatic rings. The van der Waals surface area contributed by atoms with E-state index in [-0.39, 0.29) is 0 Å². The molecule has 1 heterocycles. The molecule has 0 spiro atoms. The van der Waals surface area contributed by atoms with E-state index in [0.29, 0.717) is 24.6 Å². The van der Waals surface area contributed by atoms with Gasteiger partial charge in [-0.3, -0.25) is 0 Å². The van der Waals surface area contributed by atoms with Gasteiger partial charge in [0.1, 0.15) is 17.4 Å². The summed E-state index contributed by atoms with van der Waals surface area (Å²) in [5, 5.41) is 3.58. The number of hydrogen-bond donors (Lipinski definition) is 1. The Hall–Kier alpha value is -1.10. The second kappa shape index (κ2) is 6.00. The van der Waals surface area contributed by atoms with Crippen LogP contribution in [0.3, 0.4) is 0 Å². The van der Waals surface area contributed by atoms with Crippen LogP contribution in [0.4, 0.5) is 0 Å². The van der Waals surface area contributed by atoms with Crippen LogP contribution in [0.2, 0.25) is 5.02 Å². The lowest BCUT2D eigenvalue weighted by Crippen LogP contribution is -2.06. The second-order valence-electron chi connectivity index (χ2n) is 3.47. The number of hydrogen-bond acceptors (Lipinski definition) is 4. The van der Waals surface area contributed by atoms with Gasteiger partial charge in [0.25, 0.3) is 0 Å². The number of thiazole rings is 1. The highest BCUT2D eigenvalue weighted by molar-refractivity contribution is 7.09. The maximum atomic E-state index is 6.12. The Bertz CT molecular complexity index is 473. The van der Waals surface area contributed by atoms with Gasteiger partial charge < -0.3 is 10.5 Å². The van der Waals surface area contributed by atoms with Crippen LogP contribution in [0.15, 0.2) is 29.8 Å². The summed E-state index contributed by atoms with van der Waals surface area (Å²) in [4.78, 5) is 4.17. The van der Waals surface area contributed by atoms with Crippen LogP contribution in [0.1, 0.15) is 10.6 Å². The third kappa shape index (κ3) is 3.19. The summed E-state index contributed by atoms with van der Waals surface area (Å²) in [6, 6.07) is 5.63. The summed E-state index contributed by atoms with van der Waals surface area (Å²) in [6.45, 7) is 1.02. The first kappa shape index (κ1) is 12.4. The first-order chi connectivity index (χ1) is 8.31. The third-order valence-electron chi connectivity index (χ3n) is 2.30. The van der Waals surface area contributed by atoms with Crippen molar-refractivity contribution >= 4 is 22.9 Å². The van der Waals surface area contributed by atoms with Crippen molar-refractivity contribution in [1.82, 2.24) is 4.98 Å². The predicted molar refractivity (Wildman–Crippen MR) is 70.7 cm³/mol. The van der Waals surface area contributed by atoms with Crippen LogP contribution in [0.5, 0.6) is 5.75 Å². The summed E-state index contributed by atoms with van der Waals surface area (Å²) in [7, 11) is 0. The van der Waals surface area contributed by atoms with Crippen molar-refractivity contribution < 1.29 is 4.74 Å². The number of halogens is 1. The second-order valence-corrected chi connectivity index (χ2v) is 4.86. The zero-order chi connectivity index (χ0) is 12.1. The first-order valence-corrected chi connectivity index (χ1v) is 6.55. The molecule has 1 aromatic heterocycles. The van der Waals surface area contributed by atoms with Gasteiger partial charge in [-0.15, -0.1) is 11.3 Å². The lowest BCUT2D eigenvalue weighted by molar-refractivity contribution is 0.302. The Labute approximate surface area is 109 Å². The van der Waals surface area contributed by atoms with Crippen LogP contribution in [0.25, 0.3) is 0 Å². The van der Waals surface area contributed by atoms with Crippen LogP contribution in [0, 0.1) is 0 Å². The van der Waals surface area contributed by atoms with E-state index in [9.17, 15) is 0 Å². The molecule has 1 aromatic carbocycles. The summed E-state index contributed by atoms with van der Waals surface area (Å²) >= 11 is 7.69. The van der Waals surface area contributed by atoms with E-state index in [4.69, 9.17) is 22.1 Å². The monoisotopic (exact) mass is 268 g/mol. The predicted octanol–water partition coefficient (Wildman–Crippen LogP) is 2.88. The zero-order valence-electron chi connectivity index (χ0n) is 9.23. The zero-order valence-corrected chi connectivity index (χ0v) is 10.8. The molecule has 3 nitrogen and oxygen atoms in total. The van der Waals surface area contributed by atoms with Crippen molar-refractivity contribution in [2.75, 3.05) is 6.54 Å². The molecule has 0 aliphatic carbocycles. The maximum Gasteiger partial charge on any atom is 0.140 e. The molecule has 2 rings (SSSR count). The van der Waals surface area contributed by atoms with E-state index in [1.807, 2.05) is 23.6 Å². The van der Waals surface area contributed by atoms with Crippen LogP contribution >= 0.6 is 22.9 Å². The molecule has 90 valence electrons. The normalized spacial score (nSPS) is 10.5. The highest BCUT2D eigenvalue weighted by atomic mass is 35.5. The van der Waals surface area contributed by atoms with Crippen molar-refractivity contribution in [2.24, 2.45) is 5.73 Å². The van der Waals surface area contributed by atoms with Crippen LogP contribution < -0.4 is 10.5 Å². The van der Waals surface area contributed by atoms with Gasteiger partial charge in [-0.05, 0) is 25.1 Å². The summed E-state index contributed by atoms with van der Waals surface area (Å²) < 4.78 is 5.72. The van der Waals surface area contributed by atoms with Crippen molar-refractivity contribution in [3.05, 3.63) is 45.4 Å². The molecule has 17 heavy (non-hydrogen) atoms. The average Bonchev–Trinajstić information content (AvgIpc) is 2.83. The Balaban J connectivity index is 2.11. The van der Waals surface area contributed by atoms with Gasteiger partial charge in [-0.1, -0.05) is 17.7 Å². The van der Waals surface area contributed by atoms with E-state index in [1.165, 1.54) is 0 Å². The standard InChI is InChI=1S/C12H13ClN2OS/c13-10-2-1-3-11(9(10)4-5-14)16-8-12-15-6-7-17-12/h1-3,6-7H,4-5,8,14H2. The highest BCUT2D eigenvalue weighted by Crippen LogP contribution is 2.27. The summed E-state index contributed by atoms with van der Waals surface area (Å²) in [5.41, 5.74) is 6.53. The fraction of sp³-hybridized carbons (Fsp3) is 0.250. The largest absolute Gasteiger partial charge is 0.486 e. The summed E-state index contributed by atoms with van der Waals surface area (Å²) in [5.74, 6) is 0.790. The Kier molecular flexibility index (Phi) is 4.36. The first-order valence-electron chi connectivity index (χ1n) is 5.30. The molecule has 0 saturated carbocycles. The van der Waals surface area contributed by atoms with Crippen molar-refractivity contribution in [3.8, 4) is 5.75 Å². The fourth-order valence-corrected chi connectivity index (χ4v) is 2.31. The smallest absolute Gasteiger partial charge is 0.140 e. The van der Waals surface area contributed by atoms with Crippen LogP contribution in [-0.4, -0.2) is 11.5 Å². The number of nitrogens with zero attached hydrogens (tertiary/aromatic N) is 1. The Morgan fingerprint density at radius 3 is 3.00 bits per heavy atom. The Morgan fingerprint density at radius 1 is 1.41 bits per heavy atom. The van der Waals surface area contributed by atoms with E-state index in [2.05, 4.69) is 4.98 Å². The fourth-order valence-electron chi connectivity index (χ4n) is 1.52. The molecule has 0 amide bonds. The van der Waals surface area contributed by atoms with Gasteiger partial charge in [0, 0.05) is 22.2 Å². The van der Waals surface area contributed by atoms with Crippen LogP contribution in [-0.2, 0) is 13.0 Å². The molecule has 0 aliphatic heterocycles. The van der Waals surface area contributed by atoms with E-state index in [1.54, 1.807) is 17.5 Å². The van der Waals surface area contributed by atoms with Gasteiger partial charge in [-0.2, -0.15) is 0 Å². The van der Waals surface area contributed by atoms with Crippen molar-refractivity contribution in [2.45, 2.75) is 13.0 Å². The molecular weight excluding hydrogens is 256 g/mol. The van der Waals surface area contributed by atoms with E-state index < -0.39 is 0 Å². The molecule has 5 heteroatoms. The lowest BCUT2D eigenvalue weighted by atomic mass is 10.1. The number of aromatic nitrogens is 1. The van der Waals surface area contributed by atoms with Gasteiger partial charge >= 0.3 is 0 Å². The van der Waals surface area contributed by atoms with Gasteiger partial charge in [0.05, 0.1) is 0 Å². The minimum Gasteiger partial charge on any atom is -0.486 e. The molecule has 0 bridgehead atoms.